The molecule has 2 heterocycles. The number of thiocarbonyl (C=S) groups is 1. The third-order valence-electron chi connectivity index (χ3n) is 4.11. The van der Waals surface area contributed by atoms with Crippen LogP contribution in [0.15, 0.2) is 22.5 Å². The molecule has 1 aromatic heterocycles. The molecule has 2 amide bonds. The van der Waals surface area contributed by atoms with E-state index in [1.165, 1.54) is 46.7 Å². The van der Waals surface area contributed by atoms with Gasteiger partial charge >= 0.3 is 0 Å². The predicted molar refractivity (Wildman–Crippen MR) is 109 cm³/mol. The van der Waals surface area contributed by atoms with Crippen LogP contribution in [0.1, 0.15) is 12.0 Å². The van der Waals surface area contributed by atoms with Gasteiger partial charge in [0, 0.05) is 34.4 Å². The molecule has 150 valence electrons. The molecule has 1 aliphatic rings. The average molecular weight is 425 g/mol. The molecule has 2 N–H and O–H groups in total. The van der Waals surface area contributed by atoms with Crippen molar-refractivity contribution in [1.29, 1.82) is 0 Å². The Balaban J connectivity index is 2.35. The monoisotopic (exact) mass is 424 g/mol. The number of methoxy groups -OCH3 is 1. The molecule has 9 nitrogen and oxygen atoms in total. The number of hydrogen-bond acceptors (Lipinski definition) is 7. The van der Waals surface area contributed by atoms with Gasteiger partial charge in [0.05, 0.1) is 5.56 Å². The fourth-order valence-corrected chi connectivity index (χ4v) is 2.93. The molecule has 1 aromatic rings. The first-order chi connectivity index (χ1) is 13.2. The zero-order valence-corrected chi connectivity index (χ0v) is 17.2. The van der Waals surface area contributed by atoms with E-state index in [4.69, 9.17) is 29.2 Å². The Morgan fingerprint density at radius 2 is 1.86 bits per heavy atom. The van der Waals surface area contributed by atoms with E-state index in [1.54, 1.807) is 7.11 Å². The zero-order chi connectivity index (χ0) is 21.0. The highest BCUT2D eigenvalue weighted by atomic mass is 32.1. The average Bonchev–Trinajstić information content (AvgIpc) is 2.66. The SMILES string of the molecule is COCCCN1C(=O)/C(=C/C=C/c2c(O)n(C)c(=S)[nH]c2=O)C(=O)N(C)C1=S. The Morgan fingerprint density at radius 3 is 2.50 bits per heavy atom. The fourth-order valence-electron chi connectivity index (χ4n) is 2.50. The summed E-state index contributed by atoms with van der Waals surface area (Å²) in [4.78, 5) is 42.0. The van der Waals surface area contributed by atoms with Crippen molar-refractivity contribution in [2.45, 2.75) is 6.42 Å². The number of aromatic amines is 1. The van der Waals surface area contributed by atoms with Crippen molar-refractivity contribution in [3.05, 3.63) is 38.4 Å². The normalized spacial score (nSPS) is 16.7. The van der Waals surface area contributed by atoms with Crippen LogP contribution in [-0.4, -0.2) is 68.7 Å². The minimum atomic E-state index is -0.587. The van der Waals surface area contributed by atoms with Crippen molar-refractivity contribution in [1.82, 2.24) is 19.4 Å². The number of nitrogens with one attached hydrogen (secondary N) is 1. The maximum Gasteiger partial charge on any atom is 0.265 e. The summed E-state index contributed by atoms with van der Waals surface area (Å²) in [5.41, 5.74) is -0.745. The van der Waals surface area contributed by atoms with Crippen LogP contribution in [-0.2, 0) is 21.4 Å². The molecule has 1 aliphatic heterocycles. The van der Waals surface area contributed by atoms with Gasteiger partial charge in [-0.3, -0.25) is 33.7 Å². The topological polar surface area (TPSA) is 108 Å². The predicted octanol–water partition coefficient (Wildman–Crippen LogP) is 0.710. The quantitative estimate of drug-likeness (QED) is 0.300. The summed E-state index contributed by atoms with van der Waals surface area (Å²) in [6, 6.07) is 0. The lowest BCUT2D eigenvalue weighted by molar-refractivity contribution is -0.133. The van der Waals surface area contributed by atoms with Crippen LogP contribution in [0.4, 0.5) is 0 Å². The number of likely N-dealkylation sites (N-methyl/N-ethyl adjacent to an activating group) is 1. The summed E-state index contributed by atoms with van der Waals surface area (Å²) < 4.78 is 6.27. The molecule has 0 atom stereocenters. The Hall–Kier alpha value is -2.63. The highest BCUT2D eigenvalue weighted by molar-refractivity contribution is 7.80. The van der Waals surface area contributed by atoms with Gasteiger partial charge in [-0.25, -0.2) is 0 Å². The number of H-pyrrole nitrogens is 1. The van der Waals surface area contributed by atoms with Crippen LogP contribution in [0.2, 0.25) is 0 Å². The smallest absolute Gasteiger partial charge is 0.265 e. The van der Waals surface area contributed by atoms with Gasteiger partial charge in [0.25, 0.3) is 17.4 Å². The molecule has 2 rings (SSSR count). The molecule has 0 spiro atoms. The van der Waals surface area contributed by atoms with Crippen molar-refractivity contribution in [3.63, 3.8) is 0 Å². The van der Waals surface area contributed by atoms with Crippen molar-refractivity contribution < 1.29 is 19.4 Å². The lowest BCUT2D eigenvalue weighted by Gasteiger charge is -2.34. The van der Waals surface area contributed by atoms with E-state index in [-0.39, 0.29) is 26.9 Å². The number of aromatic hydroxyl groups is 1. The number of amides is 2. The maximum absolute atomic E-state index is 12.7. The van der Waals surface area contributed by atoms with Gasteiger partial charge in [-0.2, -0.15) is 0 Å². The molecule has 0 bridgehead atoms. The first kappa shape index (κ1) is 21.7. The largest absolute Gasteiger partial charge is 0.494 e. The molecule has 0 aromatic carbocycles. The van der Waals surface area contributed by atoms with Gasteiger partial charge in [0.15, 0.2) is 9.88 Å². The summed E-state index contributed by atoms with van der Waals surface area (Å²) in [5, 5.41) is 10.2. The van der Waals surface area contributed by atoms with Crippen molar-refractivity contribution >= 4 is 47.4 Å². The van der Waals surface area contributed by atoms with E-state index in [2.05, 4.69) is 4.98 Å². The van der Waals surface area contributed by atoms with E-state index in [0.717, 1.165) is 0 Å². The number of ether oxygens (including phenoxy) is 1. The van der Waals surface area contributed by atoms with Crippen molar-refractivity contribution in [2.24, 2.45) is 7.05 Å². The lowest BCUT2D eigenvalue weighted by atomic mass is 10.1. The van der Waals surface area contributed by atoms with E-state index in [1.807, 2.05) is 0 Å². The van der Waals surface area contributed by atoms with Gasteiger partial charge in [0.1, 0.15) is 5.57 Å². The van der Waals surface area contributed by atoms with Crippen LogP contribution in [0, 0.1) is 4.77 Å². The molecular formula is C17H20N4O5S2. The molecule has 0 aliphatic carbocycles. The minimum absolute atomic E-state index is 0.0514. The first-order valence-electron chi connectivity index (χ1n) is 8.24. The second-order valence-corrected chi connectivity index (χ2v) is 6.70. The number of allylic oxidation sites excluding steroid dienone is 2. The van der Waals surface area contributed by atoms with Crippen LogP contribution in [0.25, 0.3) is 6.08 Å². The minimum Gasteiger partial charge on any atom is -0.494 e. The van der Waals surface area contributed by atoms with Gasteiger partial charge in [0.2, 0.25) is 5.88 Å². The number of rotatable bonds is 6. The number of aromatic nitrogens is 2. The summed E-state index contributed by atoms with van der Waals surface area (Å²) in [7, 11) is 4.53. The second-order valence-electron chi connectivity index (χ2n) is 5.94. The highest BCUT2D eigenvalue weighted by Crippen LogP contribution is 2.18. The second kappa shape index (κ2) is 9.04. The first-order valence-corrected chi connectivity index (χ1v) is 9.05. The number of nitrogens with zero attached hydrogens (tertiary/aromatic N) is 3. The molecule has 11 heteroatoms. The summed E-state index contributed by atoms with van der Waals surface area (Å²) >= 11 is 10.1. The van der Waals surface area contributed by atoms with Crippen molar-refractivity contribution in [2.75, 3.05) is 27.3 Å². The molecular weight excluding hydrogens is 404 g/mol. The molecule has 0 radical (unpaired) electrons. The number of carbonyl (C=O) groups is 2. The molecule has 28 heavy (non-hydrogen) atoms. The standard InChI is InChI=1S/C17H20N4O5S2/c1-19-13(23)10(12(22)18-16(19)27)6-4-7-11-14(24)20(2)17(28)21(15(11)25)8-5-9-26-3/h4,6-7,23H,5,8-9H2,1-3H3,(H,18,22,27)/b6-4+,11-7+. The third kappa shape index (κ3) is 4.26. The summed E-state index contributed by atoms with van der Waals surface area (Å²) in [6.07, 6.45) is 4.47. The zero-order valence-electron chi connectivity index (χ0n) is 15.6. The van der Waals surface area contributed by atoms with E-state index in [9.17, 15) is 19.5 Å². The van der Waals surface area contributed by atoms with E-state index in [0.29, 0.717) is 19.6 Å². The van der Waals surface area contributed by atoms with Gasteiger partial charge in [-0.15, -0.1) is 0 Å². The van der Waals surface area contributed by atoms with Gasteiger partial charge in [-0.05, 0) is 43.0 Å². The maximum atomic E-state index is 12.7. The van der Waals surface area contributed by atoms with Crippen LogP contribution in [0.5, 0.6) is 5.88 Å². The van der Waals surface area contributed by atoms with Crippen molar-refractivity contribution in [3.8, 4) is 5.88 Å². The van der Waals surface area contributed by atoms with Gasteiger partial charge in [-0.1, -0.05) is 6.08 Å². The highest BCUT2D eigenvalue weighted by Gasteiger charge is 2.36. The number of carbonyl (C=O) groups excluding carboxylic acids is 2. The van der Waals surface area contributed by atoms with E-state index >= 15 is 0 Å². The van der Waals surface area contributed by atoms with E-state index < -0.39 is 17.4 Å². The Labute approximate surface area is 171 Å². The summed E-state index contributed by atoms with van der Waals surface area (Å²) in [5.74, 6) is -1.41. The van der Waals surface area contributed by atoms with Crippen LogP contribution < -0.4 is 5.56 Å². The Bertz CT molecular complexity index is 992. The van der Waals surface area contributed by atoms with Crippen LogP contribution in [0.3, 0.4) is 0 Å². The fraction of sp³-hybridized carbons (Fsp3) is 0.353. The Kier molecular flexibility index (Phi) is 7.00. The number of hydrogen-bond donors (Lipinski definition) is 2. The van der Waals surface area contributed by atoms with Crippen LogP contribution >= 0.6 is 24.4 Å². The third-order valence-corrected chi connectivity index (χ3v) is 4.98. The summed E-state index contributed by atoms with van der Waals surface area (Å²) in [6.45, 7) is 0.752. The molecule has 1 saturated heterocycles. The Morgan fingerprint density at radius 1 is 1.18 bits per heavy atom. The van der Waals surface area contributed by atoms with Gasteiger partial charge < -0.3 is 9.84 Å². The molecule has 1 fully saturated rings. The lowest BCUT2D eigenvalue weighted by Crippen LogP contribution is -2.54. The molecule has 0 saturated carbocycles. The molecule has 0 unspecified atom stereocenters.